The number of aromatic nitrogens is 1. The smallest absolute Gasteiger partial charge is 0.335 e. The monoisotopic (exact) mass is 260 g/mol. The van der Waals surface area contributed by atoms with E-state index in [1.54, 1.807) is 24.3 Å². The molecule has 0 spiro atoms. The molecule has 98 valence electrons. The van der Waals surface area contributed by atoms with Crippen molar-refractivity contribution in [3.05, 3.63) is 59.7 Å². The maximum atomic E-state index is 12.8. The Hall–Kier alpha value is -2.43. The van der Waals surface area contributed by atoms with Crippen molar-refractivity contribution < 1.29 is 14.3 Å². The molecule has 2 aromatic rings. The average molecular weight is 260 g/mol. The second-order valence-electron chi connectivity index (χ2n) is 4.15. The van der Waals surface area contributed by atoms with Gasteiger partial charge in [0.1, 0.15) is 5.82 Å². The number of rotatable bonds is 4. The number of aromatic carboxylic acids is 1. The van der Waals surface area contributed by atoms with Crippen LogP contribution in [-0.4, -0.2) is 16.1 Å². The minimum absolute atomic E-state index is 0.148. The molecular weight excluding hydrogens is 247 g/mol. The molecule has 1 heterocycles. The van der Waals surface area contributed by atoms with E-state index in [9.17, 15) is 9.18 Å². The summed E-state index contributed by atoms with van der Waals surface area (Å²) in [4.78, 5) is 14.8. The lowest BCUT2D eigenvalue weighted by Crippen LogP contribution is -2.09. The first kappa shape index (κ1) is 13.0. The van der Waals surface area contributed by atoms with Crippen molar-refractivity contribution >= 4 is 11.7 Å². The lowest BCUT2D eigenvalue weighted by Gasteiger charge is -2.15. The van der Waals surface area contributed by atoms with Gasteiger partial charge in [-0.2, -0.15) is 0 Å². The zero-order chi connectivity index (χ0) is 13.8. The summed E-state index contributed by atoms with van der Waals surface area (Å²) in [6.45, 7) is 1.87. The van der Waals surface area contributed by atoms with Crippen molar-refractivity contribution in [3.8, 4) is 0 Å². The first-order chi connectivity index (χ1) is 9.06. The molecule has 5 heteroatoms. The highest BCUT2D eigenvalue weighted by Crippen LogP contribution is 2.18. The molecule has 0 saturated carbocycles. The van der Waals surface area contributed by atoms with E-state index in [0.717, 1.165) is 6.20 Å². The van der Waals surface area contributed by atoms with Crippen LogP contribution in [0, 0.1) is 5.82 Å². The van der Waals surface area contributed by atoms with Gasteiger partial charge in [0, 0.05) is 5.69 Å². The Morgan fingerprint density at radius 1 is 1.37 bits per heavy atom. The second kappa shape index (κ2) is 5.48. The van der Waals surface area contributed by atoms with Gasteiger partial charge in [-0.1, -0.05) is 6.07 Å². The number of carbonyl (C=O) groups is 1. The number of anilines is 1. The Balaban J connectivity index is 2.14. The van der Waals surface area contributed by atoms with E-state index < -0.39 is 5.97 Å². The third kappa shape index (κ3) is 3.28. The zero-order valence-corrected chi connectivity index (χ0v) is 10.3. The molecule has 4 nitrogen and oxygen atoms in total. The number of nitrogens with zero attached hydrogens (tertiary/aromatic N) is 1. The van der Waals surface area contributed by atoms with Gasteiger partial charge in [0.15, 0.2) is 0 Å². The van der Waals surface area contributed by atoms with Crippen molar-refractivity contribution in [2.75, 3.05) is 5.32 Å². The quantitative estimate of drug-likeness (QED) is 0.886. The lowest BCUT2D eigenvalue weighted by molar-refractivity contribution is 0.0697. The van der Waals surface area contributed by atoms with Gasteiger partial charge in [-0.25, -0.2) is 9.18 Å². The topological polar surface area (TPSA) is 62.2 Å². The molecule has 0 fully saturated rings. The number of halogens is 1. The third-order valence-corrected chi connectivity index (χ3v) is 2.69. The summed E-state index contributed by atoms with van der Waals surface area (Å²) >= 11 is 0. The molecule has 0 radical (unpaired) electrons. The molecule has 0 bridgehead atoms. The Kier molecular flexibility index (Phi) is 3.75. The first-order valence-electron chi connectivity index (χ1n) is 5.77. The minimum Gasteiger partial charge on any atom is -0.478 e. The number of carboxylic acids is 1. The van der Waals surface area contributed by atoms with Crippen molar-refractivity contribution in [2.45, 2.75) is 13.0 Å². The van der Waals surface area contributed by atoms with Crippen LogP contribution in [0.1, 0.15) is 29.0 Å². The van der Waals surface area contributed by atoms with E-state index in [1.165, 1.54) is 12.1 Å². The van der Waals surface area contributed by atoms with E-state index in [1.807, 2.05) is 6.92 Å². The van der Waals surface area contributed by atoms with Crippen molar-refractivity contribution in [1.82, 2.24) is 4.98 Å². The molecule has 1 aromatic carbocycles. The van der Waals surface area contributed by atoms with Crippen LogP contribution in [0.4, 0.5) is 10.1 Å². The van der Waals surface area contributed by atoms with Crippen LogP contribution in [0.2, 0.25) is 0 Å². The summed E-state index contributed by atoms with van der Waals surface area (Å²) in [6, 6.07) is 9.28. The summed E-state index contributed by atoms with van der Waals surface area (Å²) in [5.74, 6) is -1.36. The second-order valence-corrected chi connectivity index (χ2v) is 4.15. The molecule has 0 aliphatic carbocycles. The normalized spacial score (nSPS) is 11.9. The van der Waals surface area contributed by atoms with E-state index in [-0.39, 0.29) is 17.4 Å². The molecular formula is C14H13FN2O2. The lowest BCUT2D eigenvalue weighted by atomic mass is 10.1. The Morgan fingerprint density at radius 3 is 2.79 bits per heavy atom. The number of carboxylic acid groups (broad SMARTS) is 1. The van der Waals surface area contributed by atoms with Gasteiger partial charge in [0.05, 0.1) is 23.5 Å². The SMILES string of the molecule is CC(Nc1cccc(C(=O)O)c1)c1ccc(F)cn1. The highest BCUT2D eigenvalue weighted by Gasteiger charge is 2.08. The summed E-state index contributed by atoms with van der Waals surface area (Å²) in [5, 5.41) is 12.0. The van der Waals surface area contributed by atoms with E-state index in [2.05, 4.69) is 10.3 Å². The van der Waals surface area contributed by atoms with E-state index in [4.69, 9.17) is 5.11 Å². The summed E-state index contributed by atoms with van der Waals surface area (Å²) in [7, 11) is 0. The van der Waals surface area contributed by atoms with Crippen LogP contribution in [0.5, 0.6) is 0 Å². The maximum absolute atomic E-state index is 12.8. The molecule has 2 N–H and O–H groups in total. The molecule has 0 saturated heterocycles. The zero-order valence-electron chi connectivity index (χ0n) is 10.3. The Morgan fingerprint density at radius 2 is 2.16 bits per heavy atom. The number of benzene rings is 1. The van der Waals surface area contributed by atoms with Crippen LogP contribution in [0.15, 0.2) is 42.6 Å². The molecule has 1 atom stereocenters. The van der Waals surface area contributed by atoms with E-state index in [0.29, 0.717) is 11.4 Å². The predicted octanol–water partition coefficient (Wildman–Crippen LogP) is 3.09. The van der Waals surface area contributed by atoms with Gasteiger partial charge in [-0.3, -0.25) is 4.98 Å². The molecule has 19 heavy (non-hydrogen) atoms. The van der Waals surface area contributed by atoms with Crippen LogP contribution in [0.3, 0.4) is 0 Å². The predicted molar refractivity (Wildman–Crippen MR) is 69.6 cm³/mol. The van der Waals surface area contributed by atoms with Gasteiger partial charge in [0.25, 0.3) is 0 Å². The number of hydrogen-bond donors (Lipinski definition) is 2. The fraction of sp³-hybridized carbons (Fsp3) is 0.143. The molecule has 0 amide bonds. The average Bonchev–Trinajstić information content (AvgIpc) is 2.39. The van der Waals surface area contributed by atoms with Gasteiger partial charge < -0.3 is 10.4 Å². The van der Waals surface area contributed by atoms with Crippen molar-refractivity contribution in [1.29, 1.82) is 0 Å². The van der Waals surface area contributed by atoms with Crippen molar-refractivity contribution in [3.63, 3.8) is 0 Å². The number of pyridine rings is 1. The van der Waals surface area contributed by atoms with Gasteiger partial charge in [-0.15, -0.1) is 0 Å². The first-order valence-corrected chi connectivity index (χ1v) is 5.77. The molecule has 2 rings (SSSR count). The van der Waals surface area contributed by atoms with Crippen LogP contribution < -0.4 is 5.32 Å². The van der Waals surface area contributed by atoms with Crippen molar-refractivity contribution in [2.24, 2.45) is 0 Å². The summed E-state index contributed by atoms with van der Waals surface area (Å²) < 4.78 is 12.8. The summed E-state index contributed by atoms with van der Waals surface area (Å²) in [5.41, 5.74) is 1.57. The Labute approximate surface area is 109 Å². The standard InChI is InChI=1S/C14H13FN2O2/c1-9(13-6-5-11(15)8-16-13)17-12-4-2-3-10(7-12)14(18)19/h2-9,17H,1H3,(H,18,19). The molecule has 0 aliphatic heterocycles. The highest BCUT2D eigenvalue weighted by molar-refractivity contribution is 5.88. The van der Waals surface area contributed by atoms with E-state index >= 15 is 0 Å². The largest absolute Gasteiger partial charge is 0.478 e. The van der Waals surface area contributed by atoms with Gasteiger partial charge >= 0.3 is 5.97 Å². The maximum Gasteiger partial charge on any atom is 0.335 e. The van der Waals surface area contributed by atoms with Crippen LogP contribution in [-0.2, 0) is 0 Å². The highest BCUT2D eigenvalue weighted by atomic mass is 19.1. The van der Waals surface area contributed by atoms with Gasteiger partial charge in [0.2, 0.25) is 0 Å². The molecule has 1 unspecified atom stereocenters. The Bertz CT molecular complexity index is 584. The van der Waals surface area contributed by atoms with Crippen LogP contribution >= 0.6 is 0 Å². The fourth-order valence-corrected chi connectivity index (χ4v) is 1.71. The number of nitrogens with one attached hydrogen (secondary N) is 1. The fourth-order valence-electron chi connectivity index (χ4n) is 1.71. The molecule has 1 aromatic heterocycles. The molecule has 0 aliphatic rings. The van der Waals surface area contributed by atoms with Gasteiger partial charge in [-0.05, 0) is 37.3 Å². The third-order valence-electron chi connectivity index (χ3n) is 2.69. The van der Waals surface area contributed by atoms with Crippen LogP contribution in [0.25, 0.3) is 0 Å². The minimum atomic E-state index is -0.976. The number of hydrogen-bond acceptors (Lipinski definition) is 3. The summed E-state index contributed by atoms with van der Waals surface area (Å²) in [6.07, 6.45) is 1.15.